The third-order valence-electron chi connectivity index (χ3n) is 3.95. The van der Waals surface area contributed by atoms with Crippen LogP contribution in [0.1, 0.15) is 11.1 Å². The Bertz CT molecular complexity index is 794. The van der Waals surface area contributed by atoms with Crippen molar-refractivity contribution in [2.45, 2.75) is 13.0 Å². The van der Waals surface area contributed by atoms with Crippen LogP contribution in [0.3, 0.4) is 0 Å². The molecule has 3 N–H and O–H groups in total. The van der Waals surface area contributed by atoms with Crippen LogP contribution in [0.4, 0.5) is 4.79 Å². The number of esters is 1. The number of hydrogen-bond acceptors (Lipinski definition) is 5. The summed E-state index contributed by atoms with van der Waals surface area (Å²) in [5, 5.41) is 7.68. The second-order valence-electron chi connectivity index (χ2n) is 6.13. The lowest BCUT2D eigenvalue weighted by atomic mass is 10.1. The summed E-state index contributed by atoms with van der Waals surface area (Å²) >= 11 is 0. The lowest BCUT2D eigenvalue weighted by molar-refractivity contribution is -0.147. The van der Waals surface area contributed by atoms with Crippen molar-refractivity contribution in [3.8, 4) is 5.75 Å². The third kappa shape index (κ3) is 8.79. The maximum atomic E-state index is 11.7. The number of rotatable bonds is 10. The molecule has 0 spiro atoms. The minimum absolute atomic E-state index is 0.320. The lowest BCUT2D eigenvalue weighted by Crippen LogP contribution is -2.39. The molecule has 2 aromatic carbocycles. The fourth-order valence-electron chi connectivity index (χ4n) is 2.38. The first kappa shape index (κ1) is 21.7. The van der Waals surface area contributed by atoms with Crippen molar-refractivity contribution in [1.29, 1.82) is 0 Å². The molecule has 2 aromatic rings. The molecule has 0 atom stereocenters. The van der Waals surface area contributed by atoms with E-state index in [0.717, 1.165) is 16.9 Å². The van der Waals surface area contributed by atoms with Crippen molar-refractivity contribution in [2.75, 3.05) is 26.8 Å². The molecule has 0 bridgehead atoms. The average Bonchev–Trinajstić information content (AvgIpc) is 2.76. The number of carbonyl (C=O) groups is 3. The Kier molecular flexibility index (Phi) is 9.01. The van der Waals surface area contributed by atoms with E-state index in [2.05, 4.69) is 16.0 Å². The van der Waals surface area contributed by atoms with Crippen LogP contribution in [0.15, 0.2) is 54.6 Å². The Balaban J connectivity index is 1.54. The zero-order chi connectivity index (χ0) is 20.9. The Labute approximate surface area is 169 Å². The topological polar surface area (TPSA) is 106 Å². The van der Waals surface area contributed by atoms with Crippen molar-refractivity contribution in [3.05, 3.63) is 65.7 Å². The molecule has 8 heteroatoms. The second-order valence-corrected chi connectivity index (χ2v) is 6.13. The Morgan fingerprint density at radius 1 is 0.862 bits per heavy atom. The number of carbonyl (C=O) groups excluding carboxylic acids is 3. The van der Waals surface area contributed by atoms with E-state index in [0.29, 0.717) is 19.5 Å². The van der Waals surface area contributed by atoms with Crippen LogP contribution in [0.2, 0.25) is 0 Å². The molecule has 0 aliphatic rings. The van der Waals surface area contributed by atoms with E-state index in [9.17, 15) is 14.4 Å². The quantitative estimate of drug-likeness (QED) is 0.524. The summed E-state index contributed by atoms with van der Waals surface area (Å²) < 4.78 is 9.93. The van der Waals surface area contributed by atoms with Crippen molar-refractivity contribution < 1.29 is 23.9 Å². The van der Waals surface area contributed by atoms with E-state index in [1.54, 1.807) is 7.11 Å². The smallest absolute Gasteiger partial charge is 0.325 e. The standard InChI is InChI=1S/C21H25N3O5/c1-28-18-9-7-16(8-10-18)11-12-22-19(25)15-29-20(26)14-24-21(27)23-13-17-5-3-2-4-6-17/h2-10H,11-15H2,1H3,(H,22,25)(H2,23,24,27). The van der Waals surface area contributed by atoms with Crippen LogP contribution in [0, 0.1) is 0 Å². The van der Waals surface area contributed by atoms with E-state index in [-0.39, 0.29) is 6.54 Å². The first-order valence-corrected chi connectivity index (χ1v) is 9.17. The zero-order valence-electron chi connectivity index (χ0n) is 16.3. The van der Waals surface area contributed by atoms with Crippen LogP contribution in [0.5, 0.6) is 5.75 Å². The van der Waals surface area contributed by atoms with Crippen LogP contribution in [-0.2, 0) is 27.3 Å². The molecule has 8 nitrogen and oxygen atoms in total. The molecule has 0 saturated heterocycles. The number of ether oxygens (including phenoxy) is 2. The van der Waals surface area contributed by atoms with Crippen molar-refractivity contribution in [1.82, 2.24) is 16.0 Å². The largest absolute Gasteiger partial charge is 0.497 e. The first-order chi connectivity index (χ1) is 14.1. The van der Waals surface area contributed by atoms with Gasteiger partial charge in [-0.3, -0.25) is 9.59 Å². The second kappa shape index (κ2) is 12.0. The van der Waals surface area contributed by atoms with Gasteiger partial charge in [-0.15, -0.1) is 0 Å². The summed E-state index contributed by atoms with van der Waals surface area (Å²) in [6.07, 6.45) is 0.646. The van der Waals surface area contributed by atoms with E-state index in [4.69, 9.17) is 9.47 Å². The molecule has 0 aliphatic carbocycles. The normalized spacial score (nSPS) is 9.97. The molecule has 29 heavy (non-hydrogen) atoms. The Hall–Kier alpha value is -3.55. The summed E-state index contributed by atoms with van der Waals surface area (Å²) in [6.45, 7) is 0.0513. The van der Waals surface area contributed by atoms with Gasteiger partial charge in [-0.25, -0.2) is 4.79 Å². The maximum absolute atomic E-state index is 11.7. The summed E-state index contributed by atoms with van der Waals surface area (Å²) in [5.74, 6) is -0.322. The number of amides is 3. The number of hydrogen-bond donors (Lipinski definition) is 3. The van der Waals surface area contributed by atoms with E-state index in [1.807, 2.05) is 54.6 Å². The van der Waals surface area contributed by atoms with Gasteiger partial charge in [-0.2, -0.15) is 0 Å². The summed E-state index contributed by atoms with van der Waals surface area (Å²) in [7, 11) is 1.60. The average molecular weight is 399 g/mol. The van der Waals surface area contributed by atoms with Crippen LogP contribution >= 0.6 is 0 Å². The van der Waals surface area contributed by atoms with Gasteiger partial charge < -0.3 is 25.4 Å². The van der Waals surface area contributed by atoms with Crippen LogP contribution in [0.25, 0.3) is 0 Å². The first-order valence-electron chi connectivity index (χ1n) is 9.17. The predicted molar refractivity (Wildman–Crippen MR) is 107 cm³/mol. The molecule has 0 fully saturated rings. The van der Waals surface area contributed by atoms with Gasteiger partial charge in [0, 0.05) is 13.1 Å². The predicted octanol–water partition coefficient (Wildman–Crippen LogP) is 1.40. The van der Waals surface area contributed by atoms with Crippen molar-refractivity contribution >= 4 is 17.9 Å². The molecule has 0 radical (unpaired) electrons. The SMILES string of the molecule is COc1ccc(CCNC(=O)COC(=O)CNC(=O)NCc2ccccc2)cc1. The molecule has 0 aromatic heterocycles. The highest BCUT2D eigenvalue weighted by Gasteiger charge is 2.09. The van der Waals surface area contributed by atoms with Crippen molar-refractivity contribution in [3.63, 3.8) is 0 Å². The van der Waals surface area contributed by atoms with Gasteiger partial charge in [0.2, 0.25) is 0 Å². The van der Waals surface area contributed by atoms with E-state index >= 15 is 0 Å². The summed E-state index contributed by atoms with van der Waals surface area (Å²) in [4.78, 5) is 35.0. The molecule has 0 heterocycles. The van der Waals surface area contributed by atoms with Crippen LogP contribution < -0.4 is 20.7 Å². The van der Waals surface area contributed by atoms with Gasteiger partial charge >= 0.3 is 12.0 Å². The minimum Gasteiger partial charge on any atom is -0.497 e. The highest BCUT2D eigenvalue weighted by atomic mass is 16.5. The molecule has 154 valence electrons. The van der Waals surface area contributed by atoms with Gasteiger partial charge in [0.15, 0.2) is 6.61 Å². The van der Waals surface area contributed by atoms with Crippen LogP contribution in [-0.4, -0.2) is 44.7 Å². The van der Waals surface area contributed by atoms with E-state index in [1.165, 1.54) is 0 Å². The molecular formula is C21H25N3O5. The maximum Gasteiger partial charge on any atom is 0.325 e. The Morgan fingerprint density at radius 2 is 1.59 bits per heavy atom. The van der Waals surface area contributed by atoms with E-state index < -0.39 is 24.5 Å². The molecule has 0 aliphatic heterocycles. The molecule has 0 saturated carbocycles. The van der Waals surface area contributed by atoms with Gasteiger partial charge in [-0.1, -0.05) is 42.5 Å². The van der Waals surface area contributed by atoms with Gasteiger partial charge in [0.1, 0.15) is 12.3 Å². The zero-order valence-corrected chi connectivity index (χ0v) is 16.3. The van der Waals surface area contributed by atoms with Gasteiger partial charge in [0.25, 0.3) is 5.91 Å². The number of benzene rings is 2. The van der Waals surface area contributed by atoms with Crippen molar-refractivity contribution in [2.24, 2.45) is 0 Å². The fourth-order valence-corrected chi connectivity index (χ4v) is 2.38. The molecule has 0 unspecified atom stereocenters. The highest BCUT2D eigenvalue weighted by molar-refractivity contribution is 5.83. The Morgan fingerprint density at radius 3 is 2.28 bits per heavy atom. The van der Waals surface area contributed by atoms with Gasteiger partial charge in [0.05, 0.1) is 7.11 Å². The third-order valence-corrected chi connectivity index (χ3v) is 3.95. The molecule has 3 amide bonds. The minimum atomic E-state index is -0.690. The summed E-state index contributed by atoms with van der Waals surface area (Å²) in [5.41, 5.74) is 1.99. The van der Waals surface area contributed by atoms with Gasteiger partial charge in [-0.05, 0) is 29.7 Å². The summed E-state index contributed by atoms with van der Waals surface area (Å²) in [6, 6.07) is 16.4. The fraction of sp³-hybridized carbons (Fsp3) is 0.286. The number of nitrogens with one attached hydrogen (secondary N) is 3. The lowest BCUT2D eigenvalue weighted by Gasteiger charge is -2.09. The molecule has 2 rings (SSSR count). The number of urea groups is 1. The highest BCUT2D eigenvalue weighted by Crippen LogP contribution is 2.11. The monoisotopic (exact) mass is 399 g/mol. The number of methoxy groups -OCH3 is 1. The molecular weight excluding hydrogens is 374 g/mol.